The molecule has 0 saturated carbocycles. The summed E-state index contributed by atoms with van der Waals surface area (Å²) in [5.41, 5.74) is 2.79. The van der Waals surface area contributed by atoms with Gasteiger partial charge >= 0.3 is 6.09 Å². The van der Waals surface area contributed by atoms with Gasteiger partial charge in [-0.15, -0.1) is 5.06 Å². The molecule has 2 aliphatic heterocycles. The lowest BCUT2D eigenvalue weighted by molar-refractivity contribution is -0.154. The predicted octanol–water partition coefficient (Wildman–Crippen LogP) is 4.12. The van der Waals surface area contributed by atoms with E-state index in [1.54, 1.807) is 5.06 Å². The number of hydroxylamine groups is 2. The van der Waals surface area contributed by atoms with E-state index in [1.165, 1.54) is 0 Å². The zero-order valence-electron chi connectivity index (χ0n) is 15.5. The van der Waals surface area contributed by atoms with E-state index in [-0.39, 0.29) is 11.0 Å². The molecule has 1 spiro atoms. The molecule has 1 aromatic carbocycles. The minimum Gasteiger partial charge on any atom is -0.389 e. The van der Waals surface area contributed by atoms with Gasteiger partial charge in [0, 0.05) is 43.5 Å². The number of carbonyl (C=O) groups excluding carboxylic acids is 1. The Morgan fingerprint density at radius 2 is 1.88 bits per heavy atom. The number of oxime groups is 1. The van der Waals surface area contributed by atoms with Gasteiger partial charge in [0.2, 0.25) is 0 Å². The van der Waals surface area contributed by atoms with Gasteiger partial charge in [-0.25, -0.2) is 4.79 Å². The Balaban J connectivity index is 1.47. The van der Waals surface area contributed by atoms with Crippen LogP contribution in [0.2, 0.25) is 0 Å². The second-order valence-corrected chi connectivity index (χ2v) is 8.04. The summed E-state index contributed by atoms with van der Waals surface area (Å²) in [6, 6.07) is 7.62. The van der Waals surface area contributed by atoms with Crippen LogP contribution in [-0.4, -0.2) is 35.6 Å². The van der Waals surface area contributed by atoms with Gasteiger partial charge in [-0.1, -0.05) is 43.6 Å². The van der Waals surface area contributed by atoms with E-state index >= 15 is 0 Å². The molecular formula is C19H27N3O3. The molecule has 0 aliphatic carbocycles. The lowest BCUT2D eigenvalue weighted by atomic mass is 9.80. The Labute approximate surface area is 149 Å². The lowest BCUT2D eigenvalue weighted by Crippen LogP contribution is -2.46. The fourth-order valence-electron chi connectivity index (χ4n) is 3.07. The summed E-state index contributed by atoms with van der Waals surface area (Å²) in [7, 11) is 0. The van der Waals surface area contributed by atoms with Gasteiger partial charge in [0.25, 0.3) is 0 Å². The third kappa shape index (κ3) is 4.31. The van der Waals surface area contributed by atoms with Crippen molar-refractivity contribution in [3.63, 3.8) is 0 Å². The van der Waals surface area contributed by atoms with Crippen molar-refractivity contribution in [3.8, 4) is 0 Å². The van der Waals surface area contributed by atoms with Crippen LogP contribution >= 0.6 is 0 Å². The highest BCUT2D eigenvalue weighted by molar-refractivity contribution is 5.90. The van der Waals surface area contributed by atoms with E-state index in [1.807, 2.05) is 31.2 Å². The fraction of sp³-hybridized carbons (Fsp3) is 0.579. The molecule has 2 aliphatic rings. The maximum atomic E-state index is 12.0. The molecule has 6 nitrogen and oxygen atoms in total. The second-order valence-electron chi connectivity index (χ2n) is 8.04. The summed E-state index contributed by atoms with van der Waals surface area (Å²) in [6.07, 6.45) is 2.00. The maximum Gasteiger partial charge on any atom is 0.430 e. The van der Waals surface area contributed by atoms with Crippen molar-refractivity contribution in [1.82, 2.24) is 5.06 Å². The SMILES string of the molecule is Cc1ccc(NC(=O)ON2CCC3(CC2)CC(C(C)(C)C)=NO3)cc1. The molecule has 0 radical (unpaired) electrons. The monoisotopic (exact) mass is 345 g/mol. The molecule has 0 atom stereocenters. The lowest BCUT2D eigenvalue weighted by Gasteiger charge is -2.36. The third-order valence-electron chi connectivity index (χ3n) is 4.85. The van der Waals surface area contributed by atoms with Crippen molar-refractivity contribution in [2.24, 2.45) is 10.6 Å². The summed E-state index contributed by atoms with van der Waals surface area (Å²) >= 11 is 0. The first-order valence-corrected chi connectivity index (χ1v) is 8.82. The minimum atomic E-state index is -0.459. The van der Waals surface area contributed by atoms with Gasteiger partial charge in [-0.2, -0.15) is 0 Å². The first-order chi connectivity index (χ1) is 11.8. The maximum absolute atomic E-state index is 12.0. The van der Waals surface area contributed by atoms with Gasteiger partial charge in [0.1, 0.15) is 5.60 Å². The number of nitrogens with one attached hydrogen (secondary N) is 1. The zero-order valence-corrected chi connectivity index (χ0v) is 15.5. The summed E-state index contributed by atoms with van der Waals surface area (Å²) < 4.78 is 0. The molecule has 1 N–H and O–H groups in total. The molecule has 25 heavy (non-hydrogen) atoms. The van der Waals surface area contributed by atoms with E-state index in [2.05, 4.69) is 31.2 Å². The van der Waals surface area contributed by atoms with Crippen LogP contribution in [0.5, 0.6) is 0 Å². The molecule has 1 fully saturated rings. The molecule has 0 bridgehead atoms. The Morgan fingerprint density at radius 1 is 1.24 bits per heavy atom. The summed E-state index contributed by atoms with van der Waals surface area (Å²) in [4.78, 5) is 23.2. The minimum absolute atomic E-state index is 0.0328. The fourth-order valence-corrected chi connectivity index (χ4v) is 3.07. The number of nitrogens with zero attached hydrogens (tertiary/aromatic N) is 2. The number of rotatable bonds is 2. The number of piperidine rings is 1. The van der Waals surface area contributed by atoms with Crippen LogP contribution in [0.4, 0.5) is 10.5 Å². The molecule has 0 unspecified atom stereocenters. The number of hydrogen-bond acceptors (Lipinski definition) is 5. The predicted molar refractivity (Wildman–Crippen MR) is 97.4 cm³/mol. The van der Waals surface area contributed by atoms with E-state index in [0.717, 1.165) is 36.2 Å². The molecule has 136 valence electrons. The number of carbonyl (C=O) groups is 1. The standard InChI is InChI=1S/C19H27N3O3/c1-14-5-7-15(8-6-14)20-17(23)24-22-11-9-19(10-12-22)13-16(21-25-19)18(2,3)4/h5-8H,9-13H2,1-4H3,(H,20,23). The molecule has 3 rings (SSSR count). The van der Waals surface area contributed by atoms with Crippen LogP contribution in [0, 0.1) is 12.3 Å². The van der Waals surface area contributed by atoms with E-state index in [0.29, 0.717) is 13.1 Å². The normalized spacial score (nSPS) is 20.1. The third-order valence-corrected chi connectivity index (χ3v) is 4.85. The number of amides is 1. The molecule has 1 amide bonds. The largest absolute Gasteiger partial charge is 0.430 e. The zero-order chi connectivity index (χ0) is 18.1. The van der Waals surface area contributed by atoms with E-state index in [9.17, 15) is 4.79 Å². The van der Waals surface area contributed by atoms with Gasteiger partial charge in [0.05, 0.1) is 5.71 Å². The summed E-state index contributed by atoms with van der Waals surface area (Å²) in [6.45, 7) is 9.76. The number of benzene rings is 1. The van der Waals surface area contributed by atoms with Crippen molar-refractivity contribution in [1.29, 1.82) is 0 Å². The average Bonchev–Trinajstić information content (AvgIpc) is 2.96. The molecule has 1 saturated heterocycles. The number of aryl methyl sites for hydroxylation is 1. The number of hydrogen-bond donors (Lipinski definition) is 1. The van der Waals surface area contributed by atoms with Crippen molar-refractivity contribution in [2.75, 3.05) is 18.4 Å². The second kappa shape index (κ2) is 6.67. The first-order valence-electron chi connectivity index (χ1n) is 8.82. The first kappa shape index (κ1) is 17.7. The van der Waals surface area contributed by atoms with Crippen LogP contribution in [0.15, 0.2) is 29.4 Å². The molecule has 6 heteroatoms. The Morgan fingerprint density at radius 3 is 2.44 bits per heavy atom. The molecule has 0 aromatic heterocycles. The Hall–Kier alpha value is -2.08. The highest BCUT2D eigenvalue weighted by atomic mass is 16.7. The molecule has 2 heterocycles. The highest BCUT2D eigenvalue weighted by Gasteiger charge is 2.45. The molecular weight excluding hydrogens is 318 g/mol. The Bertz CT molecular complexity index is 653. The Kier molecular flexibility index (Phi) is 4.73. The van der Waals surface area contributed by atoms with Crippen LogP contribution in [0.3, 0.4) is 0 Å². The van der Waals surface area contributed by atoms with Crippen LogP contribution < -0.4 is 5.32 Å². The van der Waals surface area contributed by atoms with Gasteiger partial charge in [-0.3, -0.25) is 5.32 Å². The van der Waals surface area contributed by atoms with Gasteiger partial charge in [0.15, 0.2) is 0 Å². The highest BCUT2D eigenvalue weighted by Crippen LogP contribution is 2.38. The van der Waals surface area contributed by atoms with E-state index in [4.69, 9.17) is 9.68 Å². The van der Waals surface area contributed by atoms with Crippen LogP contribution in [-0.2, 0) is 9.68 Å². The molecule has 1 aromatic rings. The summed E-state index contributed by atoms with van der Waals surface area (Å²) in [5, 5.41) is 8.76. The van der Waals surface area contributed by atoms with Crippen molar-refractivity contribution in [2.45, 2.75) is 52.6 Å². The topological polar surface area (TPSA) is 63.2 Å². The van der Waals surface area contributed by atoms with Gasteiger partial charge in [-0.05, 0) is 19.1 Å². The van der Waals surface area contributed by atoms with Crippen molar-refractivity contribution >= 4 is 17.5 Å². The van der Waals surface area contributed by atoms with Crippen molar-refractivity contribution < 1.29 is 14.5 Å². The average molecular weight is 345 g/mol. The number of anilines is 1. The quantitative estimate of drug-likeness (QED) is 0.876. The van der Waals surface area contributed by atoms with E-state index < -0.39 is 6.09 Å². The summed E-state index contributed by atoms with van der Waals surface area (Å²) in [5.74, 6) is 0. The smallest absolute Gasteiger partial charge is 0.389 e. The van der Waals surface area contributed by atoms with Crippen LogP contribution in [0.25, 0.3) is 0 Å². The van der Waals surface area contributed by atoms with Crippen LogP contribution in [0.1, 0.15) is 45.6 Å². The van der Waals surface area contributed by atoms with Gasteiger partial charge < -0.3 is 9.68 Å². The van der Waals surface area contributed by atoms with Crippen molar-refractivity contribution in [3.05, 3.63) is 29.8 Å².